The Balaban J connectivity index is 0.000000181. The predicted molar refractivity (Wildman–Crippen MR) is 473 cm³/mol. The number of imidazole rings is 3. The van der Waals surface area contributed by atoms with Crippen molar-refractivity contribution in [2.45, 2.75) is 20.8 Å². The lowest BCUT2D eigenvalue weighted by molar-refractivity contribution is 0.0592. The molecule has 0 saturated heterocycles. The van der Waals surface area contributed by atoms with Crippen molar-refractivity contribution in [2.75, 3.05) is 96.3 Å². The number of ether oxygens (including phenoxy) is 9. The monoisotopic (exact) mass is 1700 g/mol. The van der Waals surface area contributed by atoms with Gasteiger partial charge in [0.15, 0.2) is 68.9 Å². The number of nitrogen functional groups attached to an aromatic ring is 1. The third-order valence-corrected chi connectivity index (χ3v) is 18.8. The van der Waals surface area contributed by atoms with Gasteiger partial charge in [-0.1, -0.05) is 36.4 Å². The van der Waals surface area contributed by atoms with Gasteiger partial charge in [-0.15, -0.1) is 24.8 Å². The van der Waals surface area contributed by atoms with Crippen LogP contribution in [0.15, 0.2) is 238 Å². The van der Waals surface area contributed by atoms with Gasteiger partial charge >= 0.3 is 23.9 Å². The number of fused-ring (bicyclic) bond motifs is 3. The molecule has 0 radical (unpaired) electrons. The number of anilines is 9. The number of methoxy groups -OCH3 is 9. The van der Waals surface area contributed by atoms with Gasteiger partial charge in [-0.05, 0) is 165 Å². The number of carboxylic acids is 1. The zero-order chi connectivity index (χ0) is 86.0. The van der Waals surface area contributed by atoms with E-state index in [2.05, 4.69) is 51.3 Å². The van der Waals surface area contributed by atoms with Crippen LogP contribution < -0.4 is 60.7 Å². The van der Waals surface area contributed by atoms with Crippen molar-refractivity contribution in [1.29, 1.82) is 0 Å². The molecular weight excluding hydrogens is 1620 g/mol. The number of nitrogens with zero attached hydrogens (tertiary/aromatic N) is 9. The highest BCUT2D eigenvalue weighted by atomic mass is 35.5. The van der Waals surface area contributed by atoms with E-state index in [1.54, 1.807) is 201 Å². The first-order valence-electron chi connectivity index (χ1n) is 37.0. The quantitative estimate of drug-likeness (QED) is 0.0178. The number of carbonyl (C=O) groups is 6. The summed E-state index contributed by atoms with van der Waals surface area (Å²) in [5.41, 5.74) is 20.5. The van der Waals surface area contributed by atoms with E-state index in [9.17, 15) is 33.9 Å². The largest absolute Gasteiger partial charge is 0.493 e. The van der Waals surface area contributed by atoms with Gasteiger partial charge in [0.05, 0.1) is 103 Å². The molecule has 630 valence electrons. The van der Waals surface area contributed by atoms with E-state index in [4.69, 9.17) is 53.6 Å². The Morgan fingerprint density at radius 1 is 0.350 bits per heavy atom. The molecular formula is C90H85Cl2N15O16. The molecule has 0 aliphatic carbocycles. The van der Waals surface area contributed by atoms with E-state index < -0.39 is 17.9 Å². The number of carbonyl (C=O) groups excluding carboxylic acids is 5. The fraction of sp³-hybridized carbons (Fsp3) is 0.133. The van der Waals surface area contributed by atoms with Crippen LogP contribution >= 0.6 is 24.8 Å². The van der Waals surface area contributed by atoms with E-state index in [-0.39, 0.29) is 48.2 Å². The number of aromatic carboxylic acids is 1. The van der Waals surface area contributed by atoms with Gasteiger partial charge in [-0.2, -0.15) is 0 Å². The third kappa shape index (κ3) is 21.4. The number of rotatable bonds is 23. The van der Waals surface area contributed by atoms with Crippen molar-refractivity contribution in [2.24, 2.45) is 0 Å². The van der Waals surface area contributed by atoms with Gasteiger partial charge in [0.1, 0.15) is 0 Å². The Hall–Kier alpha value is -15.8. The number of esters is 3. The van der Waals surface area contributed by atoms with E-state index >= 15 is 0 Å². The first kappa shape index (κ1) is 89.6. The van der Waals surface area contributed by atoms with E-state index in [0.717, 1.165) is 44.9 Å². The summed E-state index contributed by atoms with van der Waals surface area (Å²) in [5.74, 6) is 2.43. The lowest BCUT2D eigenvalue weighted by Crippen LogP contribution is -2.13. The molecule has 6 heterocycles. The second kappa shape index (κ2) is 41.1. The van der Waals surface area contributed by atoms with Crippen LogP contribution in [0.4, 0.5) is 51.6 Å². The molecule has 0 aliphatic rings. The second-order valence-electron chi connectivity index (χ2n) is 26.5. The minimum Gasteiger partial charge on any atom is -0.493 e. The van der Waals surface area contributed by atoms with Crippen LogP contribution in [-0.2, 0) is 14.2 Å². The summed E-state index contributed by atoms with van der Waals surface area (Å²) >= 11 is 0. The summed E-state index contributed by atoms with van der Waals surface area (Å²) in [6, 6.07) is 52.5. The van der Waals surface area contributed by atoms with Crippen LogP contribution in [0, 0.1) is 20.8 Å². The molecule has 9 aromatic carbocycles. The first-order chi connectivity index (χ1) is 58.5. The number of amides is 2. The minimum atomic E-state index is -0.987. The van der Waals surface area contributed by atoms with Gasteiger partial charge in [0.2, 0.25) is 0 Å². The summed E-state index contributed by atoms with van der Waals surface area (Å²) < 4.78 is 51.8. The van der Waals surface area contributed by atoms with Gasteiger partial charge in [-0.3, -0.25) is 9.59 Å². The fourth-order valence-electron chi connectivity index (χ4n) is 12.5. The maximum atomic E-state index is 13.1. The van der Waals surface area contributed by atoms with Crippen LogP contribution in [0.1, 0.15) is 78.8 Å². The Morgan fingerprint density at radius 2 is 0.659 bits per heavy atom. The Morgan fingerprint density at radius 3 is 0.959 bits per heavy atom. The molecule has 15 rings (SSSR count). The predicted octanol–water partition coefficient (Wildman–Crippen LogP) is 17.1. The third-order valence-electron chi connectivity index (χ3n) is 18.8. The second-order valence-corrected chi connectivity index (χ2v) is 26.5. The number of nitrogens with one attached hydrogen (secondary N) is 5. The number of hydrogen-bond donors (Lipinski definition) is 7. The average molecular weight is 1700 g/mol. The minimum absolute atomic E-state index is 0. The topological polar surface area (TPSA) is 382 Å². The van der Waals surface area contributed by atoms with Crippen molar-refractivity contribution in [3.63, 3.8) is 0 Å². The van der Waals surface area contributed by atoms with Crippen molar-refractivity contribution >= 4 is 129 Å². The van der Waals surface area contributed by atoms with Crippen molar-refractivity contribution in [3.05, 3.63) is 288 Å². The summed E-state index contributed by atoms with van der Waals surface area (Å²) in [6.07, 6.45) is 16.0. The average Bonchev–Trinajstić information content (AvgIpc) is 1.73. The molecule has 8 N–H and O–H groups in total. The van der Waals surface area contributed by atoms with Crippen LogP contribution in [0.25, 0.3) is 50.7 Å². The Bertz CT molecular complexity index is 6140. The van der Waals surface area contributed by atoms with Crippen LogP contribution in [0.2, 0.25) is 0 Å². The summed E-state index contributed by atoms with van der Waals surface area (Å²) in [7, 11) is 13.5. The molecule has 0 aliphatic heterocycles. The first-order valence-corrected chi connectivity index (χ1v) is 37.0. The zero-order valence-electron chi connectivity index (χ0n) is 68.5. The molecule has 2 amide bonds. The number of hydrogen-bond acceptors (Lipinski definition) is 25. The molecule has 0 spiro atoms. The Labute approximate surface area is 717 Å². The summed E-state index contributed by atoms with van der Waals surface area (Å²) in [6.45, 7) is 5.48. The molecule has 15 aromatic rings. The number of aryl methyl sites for hydroxylation is 3. The van der Waals surface area contributed by atoms with Crippen molar-refractivity contribution in [1.82, 2.24) is 43.1 Å². The number of aromatic nitrogens is 9. The Kier molecular flexibility index (Phi) is 29.9. The summed E-state index contributed by atoms with van der Waals surface area (Å²) in [5, 5.41) is 25.0. The van der Waals surface area contributed by atoms with Gasteiger partial charge in [-0.25, -0.2) is 49.1 Å². The smallest absolute Gasteiger partial charge is 0.337 e. The van der Waals surface area contributed by atoms with E-state index in [1.807, 2.05) is 113 Å². The summed E-state index contributed by atoms with van der Waals surface area (Å²) in [4.78, 5) is 99.8. The van der Waals surface area contributed by atoms with Crippen LogP contribution in [0.3, 0.4) is 0 Å². The highest BCUT2D eigenvalue weighted by Crippen LogP contribution is 2.37. The SMILES string of the molecule is COC(=O)c1ccc(N)c(C)c1.COC(=O)c1ccc(NC(=O)c2cccc(-c3cn4ccnc4c(Nc4ccc(OC)c(OC)c4)n3)c2)c(C)c1.COC(=O)c1ccc(NC(=O)c2cccc(-c3cn4ccnc4c(Nc4ccc(OC)c(OC)c4)n3)c2)c(C)c1.COc1ccc(Nc2nc(-c3cccc(C(=O)O)c3)cn3ccnc23)cc1OC.Cl.Cl. The molecule has 0 bridgehead atoms. The normalized spacial score (nSPS) is 10.4. The lowest BCUT2D eigenvalue weighted by atomic mass is 10.1. The van der Waals surface area contributed by atoms with E-state index in [0.29, 0.717) is 136 Å². The zero-order valence-corrected chi connectivity index (χ0v) is 70.1. The molecule has 6 aromatic heterocycles. The van der Waals surface area contributed by atoms with Crippen LogP contribution in [-0.4, -0.2) is 148 Å². The molecule has 0 unspecified atom stereocenters. The number of carboxylic acid groups (broad SMARTS) is 1. The molecule has 0 saturated carbocycles. The standard InChI is InChI=1S/2C30H27N5O5.C21H18N4O4.C9H11NO2.2ClH/c2*1-18-14-21(30(37)40-4)8-10-23(18)34-29(36)20-7-5-6-19(15-20)24-17-35-13-12-31-28(35)27(33-24)32-22-9-11-25(38-2)26(16-22)39-3;1-28-17-7-6-15(11-18(17)29-2)23-19-20-22-8-9-25(20)12-16(24-19)13-4-3-5-14(10-13)21(26)27;1-6-5-7(9(11)12-2)3-4-8(6)10;;/h2*5-17H,1-4H3,(H,32,33)(H,34,36);3-12H,1-2H3,(H,23,24)(H,26,27);3-5H,10H2,1-2H3;2*1H. The highest BCUT2D eigenvalue weighted by Gasteiger charge is 2.21. The van der Waals surface area contributed by atoms with Gasteiger partial charge < -0.3 is 93.3 Å². The molecule has 0 atom stereocenters. The number of benzene rings is 9. The van der Waals surface area contributed by atoms with E-state index in [1.165, 1.54) is 21.3 Å². The van der Waals surface area contributed by atoms with Crippen molar-refractivity contribution < 1.29 is 76.5 Å². The molecule has 31 nitrogen and oxygen atoms in total. The fourth-order valence-corrected chi connectivity index (χ4v) is 12.5. The lowest BCUT2D eigenvalue weighted by Gasteiger charge is -2.13. The van der Waals surface area contributed by atoms with Gasteiger partial charge in [0.25, 0.3) is 11.8 Å². The molecule has 0 fully saturated rings. The number of nitrogens with two attached hydrogens (primary N) is 1. The highest BCUT2D eigenvalue weighted by molar-refractivity contribution is 6.07. The van der Waals surface area contributed by atoms with Crippen LogP contribution in [0.5, 0.6) is 34.5 Å². The van der Waals surface area contributed by atoms with Gasteiger partial charge in [0, 0.05) is 136 Å². The maximum Gasteiger partial charge on any atom is 0.337 e. The molecule has 123 heavy (non-hydrogen) atoms. The maximum absolute atomic E-state index is 13.1. The molecule has 33 heteroatoms. The number of halogens is 2. The van der Waals surface area contributed by atoms with Crippen molar-refractivity contribution in [3.8, 4) is 68.3 Å².